The Morgan fingerprint density at radius 2 is 2.09 bits per heavy atom. The molecule has 1 amide bonds. The third-order valence-electron chi connectivity index (χ3n) is 6.19. The number of hydrogen-bond acceptors (Lipinski definition) is 6. The third-order valence-corrected chi connectivity index (χ3v) is 7.19. The largest absolute Gasteiger partial charge is 0.378 e. The van der Waals surface area contributed by atoms with Crippen LogP contribution in [0.4, 0.5) is 10.1 Å². The lowest BCUT2D eigenvalue weighted by Crippen LogP contribution is -2.35. The molecule has 1 fully saturated rings. The van der Waals surface area contributed by atoms with Crippen LogP contribution in [0.3, 0.4) is 0 Å². The summed E-state index contributed by atoms with van der Waals surface area (Å²) in [5.74, 6) is -0.215. The number of aromatic nitrogens is 1. The molecular weight excluding hydrogens is 491 g/mol. The quantitative estimate of drug-likeness (QED) is 0.497. The maximum Gasteiger partial charge on any atom is 0.250 e. The molecule has 0 spiro atoms. The monoisotopic (exact) mass is 520 g/mol. The number of likely N-dealkylation sites (N-methyl/N-ethyl adjacent to an activating group) is 1. The first kappa shape index (κ1) is 25.6. The molecule has 0 bridgehead atoms. The molecule has 7 nitrogen and oxygen atoms in total. The second kappa shape index (κ2) is 12.5. The maximum atomic E-state index is 13.4. The first-order chi connectivity index (χ1) is 17.0. The van der Waals surface area contributed by atoms with E-state index in [0.717, 1.165) is 43.9 Å². The minimum absolute atomic E-state index is 0.148. The molecule has 0 saturated carbocycles. The average Bonchev–Trinajstić information content (AvgIpc) is 3.28. The Balaban J connectivity index is 1.53. The number of benzene rings is 1. The van der Waals surface area contributed by atoms with Gasteiger partial charge in [-0.25, -0.2) is 9.38 Å². The lowest BCUT2D eigenvalue weighted by atomic mass is 9.96. The minimum atomic E-state index is -0.285. The SMILES string of the molecule is CN(CCCn1c(C2C=CC(N3CCOCC3)=CC2)csc1=Nc1ccc(F)cc1)C(=O)COCl. The molecule has 1 aromatic heterocycles. The summed E-state index contributed by atoms with van der Waals surface area (Å²) in [6.07, 6.45) is 8.42. The predicted molar refractivity (Wildman–Crippen MR) is 135 cm³/mol. The Morgan fingerprint density at radius 3 is 2.77 bits per heavy atom. The molecule has 4 rings (SSSR count). The van der Waals surface area contributed by atoms with Crippen LogP contribution in [0.1, 0.15) is 24.5 Å². The highest BCUT2D eigenvalue weighted by molar-refractivity contribution is 7.07. The summed E-state index contributed by atoms with van der Waals surface area (Å²) >= 11 is 6.80. The molecule has 0 radical (unpaired) electrons. The zero-order valence-corrected chi connectivity index (χ0v) is 21.3. The van der Waals surface area contributed by atoms with E-state index in [0.29, 0.717) is 18.8 Å². The van der Waals surface area contributed by atoms with Gasteiger partial charge in [0.05, 0.1) is 30.8 Å². The Kier molecular flexibility index (Phi) is 9.14. The van der Waals surface area contributed by atoms with Crippen molar-refractivity contribution in [2.75, 3.05) is 46.5 Å². The van der Waals surface area contributed by atoms with Gasteiger partial charge < -0.3 is 19.1 Å². The van der Waals surface area contributed by atoms with Crippen LogP contribution >= 0.6 is 23.2 Å². The number of ether oxygens (including phenoxy) is 1. The summed E-state index contributed by atoms with van der Waals surface area (Å²) in [6, 6.07) is 6.18. The van der Waals surface area contributed by atoms with E-state index in [-0.39, 0.29) is 24.2 Å². The molecule has 1 unspecified atom stereocenters. The number of hydrogen-bond donors (Lipinski definition) is 0. The molecule has 2 aromatic rings. The van der Waals surface area contributed by atoms with E-state index in [2.05, 4.69) is 37.4 Å². The lowest BCUT2D eigenvalue weighted by molar-refractivity contribution is -0.132. The highest BCUT2D eigenvalue weighted by Crippen LogP contribution is 2.29. The summed E-state index contributed by atoms with van der Waals surface area (Å²) < 4.78 is 25.5. The van der Waals surface area contributed by atoms with Crippen molar-refractivity contribution in [3.05, 3.63) is 69.9 Å². The summed E-state index contributed by atoms with van der Waals surface area (Å²) in [4.78, 5) is 21.6. The molecule has 2 heterocycles. The number of amides is 1. The van der Waals surface area contributed by atoms with Crippen molar-refractivity contribution in [1.29, 1.82) is 0 Å². The van der Waals surface area contributed by atoms with Crippen LogP contribution in [-0.4, -0.2) is 66.8 Å². The first-order valence-electron chi connectivity index (χ1n) is 11.7. The van der Waals surface area contributed by atoms with Crippen LogP contribution in [0.5, 0.6) is 0 Å². The fourth-order valence-corrected chi connectivity index (χ4v) is 5.31. The summed E-state index contributed by atoms with van der Waals surface area (Å²) in [5.41, 5.74) is 3.14. The molecule has 1 atom stereocenters. The first-order valence-corrected chi connectivity index (χ1v) is 12.9. The van der Waals surface area contributed by atoms with E-state index in [1.165, 1.54) is 23.5 Å². The second-order valence-electron chi connectivity index (χ2n) is 8.54. The van der Waals surface area contributed by atoms with Gasteiger partial charge in [-0.2, -0.15) is 0 Å². The molecular formula is C25H30ClFN4O3S. The van der Waals surface area contributed by atoms with Crippen molar-refractivity contribution >= 4 is 34.8 Å². The Morgan fingerprint density at radius 1 is 1.31 bits per heavy atom. The number of thiazole rings is 1. The van der Waals surface area contributed by atoms with E-state index >= 15 is 0 Å². The normalized spacial score (nSPS) is 18.6. The Bertz CT molecular complexity index is 1120. The van der Waals surface area contributed by atoms with Gasteiger partial charge in [-0.15, -0.1) is 11.3 Å². The van der Waals surface area contributed by atoms with E-state index in [9.17, 15) is 9.18 Å². The molecule has 188 valence electrons. The molecule has 1 aliphatic carbocycles. The van der Waals surface area contributed by atoms with Gasteiger partial charge in [-0.05, 0) is 43.2 Å². The van der Waals surface area contributed by atoms with E-state index in [1.807, 2.05) is 0 Å². The fraction of sp³-hybridized carbons (Fsp3) is 0.440. The van der Waals surface area contributed by atoms with Crippen LogP contribution in [-0.2, 0) is 20.4 Å². The maximum absolute atomic E-state index is 13.4. The molecule has 1 aliphatic heterocycles. The standard InChI is InChI=1S/C25H30ClFN4O3S/c1-29(24(32)17-34-26)11-2-12-31-23(18-35-25(31)28-21-7-5-20(27)6-8-21)19-3-9-22(10-4-19)30-13-15-33-16-14-30/h3,5-10,18-19H,2,4,11-17H2,1H3. The van der Waals surface area contributed by atoms with Gasteiger partial charge in [-0.3, -0.25) is 9.08 Å². The topological polar surface area (TPSA) is 59.3 Å². The predicted octanol–water partition coefficient (Wildman–Crippen LogP) is 4.20. The highest BCUT2D eigenvalue weighted by atomic mass is 35.5. The highest BCUT2D eigenvalue weighted by Gasteiger charge is 2.20. The van der Waals surface area contributed by atoms with E-state index in [4.69, 9.17) is 21.6 Å². The zero-order chi connectivity index (χ0) is 24.6. The number of carbonyl (C=O) groups is 1. The van der Waals surface area contributed by atoms with E-state index < -0.39 is 0 Å². The van der Waals surface area contributed by atoms with Crippen LogP contribution < -0.4 is 4.80 Å². The number of halogens is 2. The Labute approximate surface area is 213 Å². The second-order valence-corrected chi connectivity index (χ2v) is 9.59. The van der Waals surface area contributed by atoms with Crippen molar-refractivity contribution in [1.82, 2.24) is 14.4 Å². The smallest absolute Gasteiger partial charge is 0.250 e. The van der Waals surface area contributed by atoms with Crippen molar-refractivity contribution < 1.29 is 18.2 Å². The molecule has 35 heavy (non-hydrogen) atoms. The number of allylic oxidation sites excluding steroid dienone is 3. The lowest BCUT2D eigenvalue weighted by Gasteiger charge is -2.31. The minimum Gasteiger partial charge on any atom is -0.378 e. The average molecular weight is 521 g/mol. The van der Waals surface area contributed by atoms with Gasteiger partial charge in [0.15, 0.2) is 4.80 Å². The van der Waals surface area contributed by atoms with Crippen LogP contribution in [0.2, 0.25) is 0 Å². The molecule has 2 aliphatic rings. The zero-order valence-electron chi connectivity index (χ0n) is 19.7. The molecule has 1 aromatic carbocycles. The molecule has 0 N–H and O–H groups in total. The summed E-state index contributed by atoms with van der Waals surface area (Å²) in [6.45, 7) is 4.48. The van der Waals surface area contributed by atoms with Gasteiger partial charge in [0.25, 0.3) is 0 Å². The third kappa shape index (κ3) is 6.82. The van der Waals surface area contributed by atoms with Gasteiger partial charge in [0.2, 0.25) is 5.91 Å². The van der Waals surface area contributed by atoms with Crippen LogP contribution in [0, 0.1) is 5.82 Å². The summed E-state index contributed by atoms with van der Waals surface area (Å²) in [5, 5.41) is 2.15. The number of rotatable bonds is 9. The van der Waals surface area contributed by atoms with Crippen LogP contribution in [0.15, 0.2) is 58.6 Å². The van der Waals surface area contributed by atoms with Crippen molar-refractivity contribution in [2.45, 2.75) is 25.3 Å². The van der Waals surface area contributed by atoms with Crippen molar-refractivity contribution in [3.63, 3.8) is 0 Å². The van der Waals surface area contributed by atoms with E-state index in [1.54, 1.807) is 35.4 Å². The fourth-order valence-electron chi connectivity index (χ4n) is 4.21. The number of morpholine rings is 1. The Hall–Kier alpha value is -2.46. The van der Waals surface area contributed by atoms with Gasteiger partial charge in [0, 0.05) is 55.9 Å². The molecule has 1 saturated heterocycles. The van der Waals surface area contributed by atoms with Crippen molar-refractivity contribution in [3.8, 4) is 0 Å². The van der Waals surface area contributed by atoms with Gasteiger partial charge in [0.1, 0.15) is 12.4 Å². The van der Waals surface area contributed by atoms with Crippen molar-refractivity contribution in [2.24, 2.45) is 4.99 Å². The van der Waals surface area contributed by atoms with Gasteiger partial charge >= 0.3 is 0 Å². The number of nitrogens with zero attached hydrogens (tertiary/aromatic N) is 4. The summed E-state index contributed by atoms with van der Waals surface area (Å²) in [7, 11) is 1.74. The van der Waals surface area contributed by atoms with Crippen LogP contribution in [0.25, 0.3) is 0 Å². The van der Waals surface area contributed by atoms with Gasteiger partial charge in [-0.1, -0.05) is 12.2 Å². The number of carbonyl (C=O) groups excluding carboxylic acids is 1. The molecule has 10 heteroatoms.